The molecule has 4 aromatic rings. The van der Waals surface area contributed by atoms with E-state index in [1.54, 1.807) is 47.6 Å². The summed E-state index contributed by atoms with van der Waals surface area (Å²) >= 11 is 1.47. The zero-order chi connectivity index (χ0) is 39.7. The summed E-state index contributed by atoms with van der Waals surface area (Å²) in [5.41, 5.74) is 3.36. The Hall–Kier alpha value is -5.77. The molecule has 1 saturated carbocycles. The molecule has 4 heterocycles. The van der Waals surface area contributed by atoms with Gasteiger partial charge in [-0.15, -0.1) is 17.9 Å². The van der Waals surface area contributed by atoms with Crippen molar-refractivity contribution in [2.75, 3.05) is 6.54 Å². The molecule has 0 unspecified atom stereocenters. The van der Waals surface area contributed by atoms with E-state index in [4.69, 9.17) is 23.9 Å². The highest BCUT2D eigenvalue weighted by Gasteiger charge is 2.61. The van der Waals surface area contributed by atoms with Gasteiger partial charge in [0.05, 0.1) is 28.7 Å². The standard InChI is InChI=1S/C39H45N7O8S/c1-8-22-20-39(22,35(50)45-44-32(48)27-15-11-17-52-27)43-31(47)26-19-23(21-46(26)34(49)30(37(2,3)4)42-36(51)54-38(5,6)7)53-33-29(28-16-12-18-55-28)40-24-13-9-10-14-25(24)41-33/h8-18,22-23,26,30H,1,19-21H2,2-7H3,(H,42,51)(H,43,47)(H,44,48)(H,45,50)/t22-,23-,26+,30-,39+/m1/s1. The number of aromatic nitrogens is 2. The summed E-state index contributed by atoms with van der Waals surface area (Å²) in [6.45, 7) is 14.3. The molecule has 0 bridgehead atoms. The second kappa shape index (κ2) is 15.2. The van der Waals surface area contributed by atoms with E-state index in [0.29, 0.717) is 16.7 Å². The lowest BCUT2D eigenvalue weighted by molar-refractivity contribution is -0.143. The second-order valence-corrected chi connectivity index (χ2v) is 16.6. The first-order chi connectivity index (χ1) is 26.0. The first-order valence-electron chi connectivity index (χ1n) is 17.9. The van der Waals surface area contributed by atoms with E-state index in [0.717, 1.165) is 4.88 Å². The summed E-state index contributed by atoms with van der Waals surface area (Å²) in [6.07, 6.45) is 1.55. The van der Waals surface area contributed by atoms with Crippen LogP contribution in [0.15, 0.2) is 77.2 Å². The summed E-state index contributed by atoms with van der Waals surface area (Å²) in [4.78, 5) is 79.9. The van der Waals surface area contributed by atoms with Gasteiger partial charge in [0.25, 0.3) is 5.91 Å². The number of likely N-dealkylation sites (tertiary alicyclic amines) is 1. The number of hydrogen-bond acceptors (Lipinski definition) is 11. The van der Waals surface area contributed by atoms with Crippen LogP contribution < -0.4 is 26.2 Å². The van der Waals surface area contributed by atoms with Crippen LogP contribution in [-0.2, 0) is 19.1 Å². The molecular weight excluding hydrogens is 727 g/mol. The quantitative estimate of drug-likeness (QED) is 0.129. The van der Waals surface area contributed by atoms with Gasteiger partial charge in [0.15, 0.2) is 5.76 Å². The molecule has 1 saturated heterocycles. The molecular formula is C39H45N7O8S. The number of hydrazine groups is 1. The maximum Gasteiger partial charge on any atom is 0.408 e. The van der Waals surface area contributed by atoms with Crippen LogP contribution in [0.25, 0.3) is 21.6 Å². The second-order valence-electron chi connectivity index (χ2n) is 15.7. The number of ether oxygens (including phenoxy) is 2. The number of furan rings is 1. The summed E-state index contributed by atoms with van der Waals surface area (Å²) in [5.74, 6) is -2.80. The van der Waals surface area contributed by atoms with Crippen LogP contribution in [0, 0.1) is 11.3 Å². The van der Waals surface area contributed by atoms with Crippen molar-refractivity contribution in [1.82, 2.24) is 36.4 Å². The number of nitrogens with one attached hydrogen (secondary N) is 4. The molecule has 1 aromatic carbocycles. The molecule has 55 heavy (non-hydrogen) atoms. The van der Waals surface area contributed by atoms with Crippen molar-refractivity contribution >= 4 is 52.1 Å². The zero-order valence-corrected chi connectivity index (χ0v) is 32.3. The van der Waals surface area contributed by atoms with E-state index in [2.05, 4.69) is 28.1 Å². The number of fused-ring (bicyclic) bond motifs is 1. The number of thiophene rings is 1. The molecule has 1 aliphatic carbocycles. The normalized spacial score (nSPS) is 21.3. The molecule has 4 N–H and O–H groups in total. The maximum absolute atomic E-state index is 14.6. The minimum Gasteiger partial charge on any atom is -0.471 e. The van der Waals surface area contributed by atoms with E-state index in [1.807, 2.05) is 41.8 Å². The Balaban J connectivity index is 1.30. The van der Waals surface area contributed by atoms with Crippen molar-refractivity contribution in [2.24, 2.45) is 11.3 Å². The number of alkyl carbamates (subject to hydrolysis) is 1. The summed E-state index contributed by atoms with van der Waals surface area (Å²) in [7, 11) is 0. The average molecular weight is 772 g/mol. The predicted molar refractivity (Wildman–Crippen MR) is 203 cm³/mol. The van der Waals surface area contributed by atoms with Crippen molar-refractivity contribution in [3.8, 4) is 16.5 Å². The third-order valence-electron chi connectivity index (χ3n) is 9.28. The van der Waals surface area contributed by atoms with Crippen molar-refractivity contribution < 1.29 is 37.9 Å². The fraction of sp³-hybridized carbons (Fsp3) is 0.410. The molecule has 2 aliphatic rings. The Morgan fingerprint density at radius 3 is 2.33 bits per heavy atom. The molecule has 15 nitrogen and oxygen atoms in total. The topological polar surface area (TPSA) is 194 Å². The smallest absolute Gasteiger partial charge is 0.408 e. The van der Waals surface area contributed by atoms with Gasteiger partial charge in [-0.3, -0.25) is 30.0 Å². The van der Waals surface area contributed by atoms with E-state index in [1.165, 1.54) is 34.6 Å². The van der Waals surface area contributed by atoms with Crippen LogP contribution >= 0.6 is 11.3 Å². The van der Waals surface area contributed by atoms with Crippen molar-refractivity contribution in [3.05, 3.63) is 78.6 Å². The van der Waals surface area contributed by atoms with Gasteiger partial charge < -0.3 is 29.4 Å². The Kier molecular flexibility index (Phi) is 10.7. The van der Waals surface area contributed by atoms with Gasteiger partial charge in [-0.2, -0.15) is 0 Å². The molecule has 2 fully saturated rings. The van der Waals surface area contributed by atoms with Gasteiger partial charge in [0, 0.05) is 12.3 Å². The number of benzene rings is 1. The number of para-hydroxylation sites is 2. The van der Waals surface area contributed by atoms with Gasteiger partial charge in [0.1, 0.15) is 35.0 Å². The highest BCUT2D eigenvalue weighted by molar-refractivity contribution is 7.13. The van der Waals surface area contributed by atoms with Crippen LogP contribution in [0.5, 0.6) is 5.88 Å². The molecule has 0 spiro atoms. The molecule has 5 amide bonds. The van der Waals surface area contributed by atoms with E-state index in [9.17, 15) is 24.0 Å². The number of amides is 5. The van der Waals surface area contributed by atoms with E-state index < -0.39 is 70.4 Å². The highest BCUT2D eigenvalue weighted by Crippen LogP contribution is 2.45. The number of carbonyl (C=O) groups excluding carboxylic acids is 5. The molecule has 6 rings (SSSR count). The maximum atomic E-state index is 14.6. The van der Waals surface area contributed by atoms with Crippen molar-refractivity contribution in [3.63, 3.8) is 0 Å². The highest BCUT2D eigenvalue weighted by atomic mass is 32.1. The van der Waals surface area contributed by atoms with Crippen LogP contribution in [-0.4, -0.2) is 80.5 Å². The van der Waals surface area contributed by atoms with Crippen LogP contribution in [0.2, 0.25) is 0 Å². The van der Waals surface area contributed by atoms with E-state index >= 15 is 0 Å². The number of hydrogen-bond donors (Lipinski definition) is 4. The summed E-state index contributed by atoms with van der Waals surface area (Å²) < 4.78 is 17.1. The van der Waals surface area contributed by atoms with Gasteiger partial charge in [0.2, 0.25) is 17.7 Å². The lowest BCUT2D eigenvalue weighted by Crippen LogP contribution is -2.61. The molecule has 1 aliphatic heterocycles. The van der Waals surface area contributed by atoms with E-state index in [-0.39, 0.29) is 31.0 Å². The van der Waals surface area contributed by atoms with Crippen LogP contribution in [0.1, 0.15) is 64.9 Å². The van der Waals surface area contributed by atoms with Crippen molar-refractivity contribution in [1.29, 1.82) is 0 Å². The fourth-order valence-electron chi connectivity index (χ4n) is 6.44. The fourth-order valence-corrected chi connectivity index (χ4v) is 7.15. The largest absolute Gasteiger partial charge is 0.471 e. The molecule has 16 heteroatoms. The predicted octanol–water partition coefficient (Wildman–Crippen LogP) is 4.76. The third-order valence-corrected chi connectivity index (χ3v) is 10.2. The summed E-state index contributed by atoms with van der Waals surface area (Å²) in [6, 6.07) is 11.9. The monoisotopic (exact) mass is 771 g/mol. The Morgan fingerprint density at radius 2 is 1.73 bits per heavy atom. The molecule has 290 valence electrons. The number of carbonyl (C=O) groups is 5. The Morgan fingerprint density at radius 1 is 1.00 bits per heavy atom. The van der Waals surface area contributed by atoms with Gasteiger partial charge in [-0.1, -0.05) is 45.0 Å². The van der Waals surface area contributed by atoms with Gasteiger partial charge in [-0.25, -0.2) is 14.8 Å². The van der Waals surface area contributed by atoms with Gasteiger partial charge in [-0.05, 0) is 68.3 Å². The number of rotatable bonds is 10. The molecule has 5 atom stereocenters. The first-order valence-corrected chi connectivity index (χ1v) is 18.7. The first kappa shape index (κ1) is 38.9. The minimum atomic E-state index is -1.46. The number of nitrogens with zero attached hydrogens (tertiary/aromatic N) is 3. The molecule has 0 radical (unpaired) electrons. The van der Waals surface area contributed by atoms with Crippen molar-refractivity contribution in [2.45, 2.75) is 83.7 Å². The zero-order valence-electron chi connectivity index (χ0n) is 31.5. The lowest BCUT2D eigenvalue weighted by Gasteiger charge is -2.36. The Labute approximate surface area is 322 Å². The molecule has 3 aromatic heterocycles. The van der Waals surface area contributed by atoms with Crippen LogP contribution in [0.3, 0.4) is 0 Å². The minimum absolute atomic E-state index is 0.0188. The average Bonchev–Trinajstić information content (AvgIpc) is 3.64. The third kappa shape index (κ3) is 8.64. The lowest BCUT2D eigenvalue weighted by atomic mass is 9.85. The summed E-state index contributed by atoms with van der Waals surface area (Å²) in [5, 5.41) is 7.50. The van der Waals surface area contributed by atoms with Gasteiger partial charge >= 0.3 is 12.0 Å². The Bertz CT molecular complexity index is 2090. The van der Waals surface area contributed by atoms with Crippen LogP contribution in [0.4, 0.5) is 4.79 Å². The SMILES string of the molecule is C=C[C@@H]1C[C@@]1(NC(=O)[C@@H]1C[C@@H](Oc2nc3ccccc3nc2-c2cccs2)CN1C(=O)[C@@H](NC(=O)OC(C)(C)C)C(C)(C)C)C(=O)NNC(=O)c1ccco1.